The molecule has 0 radical (unpaired) electrons. The van der Waals surface area contributed by atoms with Crippen molar-refractivity contribution in [1.29, 1.82) is 0 Å². The van der Waals surface area contributed by atoms with Crippen LogP contribution in [-0.4, -0.2) is 58.3 Å². The number of phenolic OH excluding ortho intramolecular Hbond substituents is 1. The number of carbonyl (C=O) groups excluding carboxylic acids is 3. The number of aromatic hydroxyl groups is 1. The maximum Gasteiger partial charge on any atom is 0.455 e. The van der Waals surface area contributed by atoms with Crippen LogP contribution in [0.3, 0.4) is 0 Å². The molecule has 208 valence electrons. The monoisotopic (exact) mass is 564 g/mol. The van der Waals surface area contributed by atoms with Crippen molar-refractivity contribution in [3.05, 3.63) is 70.0 Å². The number of methoxy groups -OCH3 is 1. The van der Waals surface area contributed by atoms with E-state index in [1.165, 1.54) is 6.07 Å². The molecule has 0 bridgehead atoms. The highest BCUT2D eigenvalue weighted by atomic mass is 35.5. The number of carbonyl (C=O) groups is 3. The van der Waals surface area contributed by atoms with Crippen molar-refractivity contribution >= 4 is 48.3 Å². The lowest BCUT2D eigenvalue weighted by molar-refractivity contribution is -0.137. The van der Waals surface area contributed by atoms with Gasteiger partial charge in [-0.1, -0.05) is 30.2 Å². The van der Waals surface area contributed by atoms with Gasteiger partial charge in [-0.3, -0.25) is 14.6 Å². The number of pyridine rings is 1. The van der Waals surface area contributed by atoms with Crippen LogP contribution in [0.1, 0.15) is 43.9 Å². The number of imide groups is 3. The Morgan fingerprint density at radius 1 is 1.25 bits per heavy atom. The lowest BCUT2D eigenvalue weighted by Crippen LogP contribution is -2.46. The summed E-state index contributed by atoms with van der Waals surface area (Å²) in [5, 5.41) is 20.9. The molecule has 0 spiro atoms. The van der Waals surface area contributed by atoms with Gasteiger partial charge in [0, 0.05) is 6.20 Å². The van der Waals surface area contributed by atoms with E-state index >= 15 is 0 Å². The van der Waals surface area contributed by atoms with E-state index in [9.17, 15) is 24.5 Å². The summed E-state index contributed by atoms with van der Waals surface area (Å²) in [5.74, 6) is -2.90. The van der Waals surface area contributed by atoms with Crippen molar-refractivity contribution in [2.24, 2.45) is 17.8 Å². The van der Waals surface area contributed by atoms with Crippen LogP contribution in [-0.2, 0) is 19.0 Å². The minimum Gasteiger partial charge on any atom is -0.508 e. The van der Waals surface area contributed by atoms with Crippen LogP contribution in [0.25, 0.3) is 11.6 Å². The summed E-state index contributed by atoms with van der Waals surface area (Å²) in [6, 6.07) is 10.4. The first-order chi connectivity index (χ1) is 19.2. The predicted octanol–water partition coefficient (Wildman–Crippen LogP) is 4.73. The Hall–Kier alpha value is -3.47. The number of benzene rings is 1. The standard InChI is InChI=1S/C29H30BClN2O7/c1-3-16-13-20-26(28(36)33(27(20)35)29(37)39-2)21-15-30(38)40-24(25(16)21)10-8-18(23-6-4-5-11-32-23)12-17-7-9-19(34)14-22(17)31/h4-7,9,11-12,14,20-21,24,26,34,38H,3,8,10,13,15H2,1-2H3/b18-12-/t20-,21+,24-,26-/m1/s1. The Morgan fingerprint density at radius 2 is 2.05 bits per heavy atom. The molecule has 2 N–H and O–H groups in total. The van der Waals surface area contributed by atoms with E-state index in [1.807, 2.05) is 31.2 Å². The first kappa shape index (κ1) is 28.1. The first-order valence-corrected chi connectivity index (χ1v) is 13.7. The van der Waals surface area contributed by atoms with E-state index in [0.717, 1.165) is 35.1 Å². The summed E-state index contributed by atoms with van der Waals surface area (Å²) in [4.78, 5) is 43.8. The molecular weight excluding hydrogens is 535 g/mol. The highest BCUT2D eigenvalue weighted by Gasteiger charge is 2.59. The van der Waals surface area contributed by atoms with Crippen LogP contribution in [0.4, 0.5) is 4.79 Å². The molecule has 9 nitrogen and oxygen atoms in total. The minimum absolute atomic E-state index is 0.0671. The Balaban J connectivity index is 1.47. The number of allylic oxidation sites excluding steroid dienone is 2. The van der Waals surface area contributed by atoms with Crippen LogP contribution in [0.2, 0.25) is 11.3 Å². The predicted molar refractivity (Wildman–Crippen MR) is 149 cm³/mol. The smallest absolute Gasteiger partial charge is 0.455 e. The molecule has 1 aromatic carbocycles. The summed E-state index contributed by atoms with van der Waals surface area (Å²) in [7, 11) is 0.0117. The average Bonchev–Trinajstić information content (AvgIpc) is 3.20. The maximum absolute atomic E-state index is 13.3. The summed E-state index contributed by atoms with van der Waals surface area (Å²) in [5.41, 5.74) is 4.29. The van der Waals surface area contributed by atoms with Gasteiger partial charge >= 0.3 is 13.2 Å². The molecule has 1 aromatic heterocycles. The number of fused-ring (bicyclic) bond motifs is 3. The average molecular weight is 565 g/mol. The van der Waals surface area contributed by atoms with Gasteiger partial charge in [-0.2, -0.15) is 4.90 Å². The number of ether oxygens (including phenoxy) is 1. The van der Waals surface area contributed by atoms with Gasteiger partial charge < -0.3 is 19.5 Å². The number of aromatic nitrogens is 1. The Kier molecular flexibility index (Phi) is 8.12. The van der Waals surface area contributed by atoms with Crippen LogP contribution >= 0.6 is 11.6 Å². The molecule has 40 heavy (non-hydrogen) atoms. The molecule has 4 atom stereocenters. The highest BCUT2D eigenvalue weighted by Crippen LogP contribution is 2.51. The zero-order chi connectivity index (χ0) is 28.6. The number of phenols is 1. The number of rotatable bonds is 6. The second kappa shape index (κ2) is 11.6. The number of halogens is 1. The van der Waals surface area contributed by atoms with Gasteiger partial charge in [0.2, 0.25) is 11.8 Å². The van der Waals surface area contributed by atoms with Crippen molar-refractivity contribution in [3.63, 3.8) is 0 Å². The third kappa shape index (κ3) is 5.19. The van der Waals surface area contributed by atoms with E-state index in [0.29, 0.717) is 35.6 Å². The largest absolute Gasteiger partial charge is 0.508 e. The zero-order valence-corrected chi connectivity index (χ0v) is 23.0. The van der Waals surface area contributed by atoms with Gasteiger partial charge in [0.15, 0.2) is 0 Å². The molecule has 3 amide bonds. The molecule has 3 heterocycles. The number of likely N-dealkylation sites (tertiary alicyclic amines) is 1. The van der Waals surface area contributed by atoms with Crippen molar-refractivity contribution in [3.8, 4) is 5.75 Å². The van der Waals surface area contributed by atoms with Crippen LogP contribution in [0, 0.1) is 17.8 Å². The fraction of sp³-hybridized carbons (Fsp3) is 0.379. The van der Waals surface area contributed by atoms with Gasteiger partial charge in [-0.25, -0.2) is 4.79 Å². The minimum atomic E-state index is -1.13. The maximum atomic E-state index is 13.3. The molecule has 0 saturated carbocycles. The number of hydrogen-bond acceptors (Lipinski definition) is 8. The van der Waals surface area contributed by atoms with E-state index in [4.69, 9.17) is 21.0 Å². The first-order valence-electron chi connectivity index (χ1n) is 13.3. The van der Waals surface area contributed by atoms with E-state index < -0.39 is 48.9 Å². The van der Waals surface area contributed by atoms with E-state index in [2.05, 4.69) is 4.98 Å². The molecule has 2 aliphatic heterocycles. The lowest BCUT2D eigenvalue weighted by atomic mass is 9.58. The topological polar surface area (TPSA) is 126 Å². The highest BCUT2D eigenvalue weighted by molar-refractivity contribution is 6.43. The Labute approximate surface area is 237 Å². The fourth-order valence-corrected chi connectivity index (χ4v) is 6.54. The molecule has 2 aromatic rings. The van der Waals surface area contributed by atoms with Gasteiger partial charge in [-0.15, -0.1) is 0 Å². The van der Waals surface area contributed by atoms with Crippen molar-refractivity contribution in [2.45, 2.75) is 45.0 Å². The molecule has 0 unspecified atom stereocenters. The Bertz CT molecular complexity index is 1400. The van der Waals surface area contributed by atoms with Gasteiger partial charge in [0.25, 0.3) is 0 Å². The number of nitrogens with zero attached hydrogens (tertiary/aromatic N) is 2. The quantitative estimate of drug-likeness (QED) is 0.293. The zero-order valence-electron chi connectivity index (χ0n) is 22.2. The van der Waals surface area contributed by atoms with Crippen LogP contribution in [0.15, 0.2) is 53.7 Å². The molecule has 1 aliphatic carbocycles. The molecule has 5 rings (SSSR count). The summed E-state index contributed by atoms with van der Waals surface area (Å²) < 4.78 is 10.8. The van der Waals surface area contributed by atoms with E-state index in [1.54, 1.807) is 18.3 Å². The summed E-state index contributed by atoms with van der Waals surface area (Å²) >= 11 is 6.39. The third-order valence-electron chi connectivity index (χ3n) is 8.08. The van der Waals surface area contributed by atoms with Crippen LogP contribution in [0.5, 0.6) is 5.75 Å². The number of amides is 3. The molecular formula is C29H30BClN2O7. The van der Waals surface area contributed by atoms with Gasteiger partial charge in [0.05, 0.1) is 35.8 Å². The third-order valence-corrected chi connectivity index (χ3v) is 8.40. The second-order valence-electron chi connectivity index (χ2n) is 10.3. The molecule has 2 fully saturated rings. The normalized spacial score (nSPS) is 24.8. The molecule has 3 aliphatic rings. The van der Waals surface area contributed by atoms with Crippen LogP contribution < -0.4 is 0 Å². The van der Waals surface area contributed by atoms with Gasteiger partial charge in [0.1, 0.15) is 5.75 Å². The molecule has 2 saturated heterocycles. The van der Waals surface area contributed by atoms with Crippen molar-refractivity contribution in [2.75, 3.05) is 7.11 Å². The molecule has 11 heteroatoms. The Morgan fingerprint density at radius 3 is 2.73 bits per heavy atom. The lowest BCUT2D eigenvalue weighted by Gasteiger charge is -2.43. The number of hydrogen-bond donors (Lipinski definition) is 2. The van der Waals surface area contributed by atoms with Crippen molar-refractivity contribution < 1.29 is 33.9 Å². The second-order valence-corrected chi connectivity index (χ2v) is 10.7. The van der Waals surface area contributed by atoms with E-state index in [-0.39, 0.29) is 12.1 Å². The van der Waals surface area contributed by atoms with Gasteiger partial charge in [-0.05, 0) is 91.0 Å². The fourth-order valence-electron chi connectivity index (χ4n) is 6.31. The summed E-state index contributed by atoms with van der Waals surface area (Å²) in [6.45, 7) is 1.99. The SMILES string of the molecule is CCC1=C2[C@@H](CC/C(=C/c3ccc(O)cc3Cl)c3ccccn3)OB(O)C[C@@H]2[C@@H]2C(=O)N(C(=O)OC)C(=O)[C@@H]2C1. The summed E-state index contributed by atoms with van der Waals surface area (Å²) in [6.07, 6.45) is 4.29. The van der Waals surface area contributed by atoms with Crippen molar-refractivity contribution in [1.82, 2.24) is 9.88 Å².